The van der Waals surface area contributed by atoms with E-state index >= 15 is 0 Å². The molecule has 0 amide bonds. The summed E-state index contributed by atoms with van der Waals surface area (Å²) in [4.78, 5) is 12.4. The normalized spacial score (nSPS) is 26.1. The Kier molecular flexibility index (Phi) is 5.04. The van der Waals surface area contributed by atoms with Crippen molar-refractivity contribution in [3.63, 3.8) is 0 Å². The van der Waals surface area contributed by atoms with Gasteiger partial charge in [0.05, 0.1) is 5.92 Å². The molecule has 0 saturated heterocycles. The Morgan fingerprint density at radius 3 is 2.67 bits per heavy atom. The minimum absolute atomic E-state index is 0.0214. The number of aliphatic hydroxyl groups is 1. The van der Waals surface area contributed by atoms with Gasteiger partial charge in [-0.2, -0.15) is 0 Å². The van der Waals surface area contributed by atoms with Gasteiger partial charge in [0.1, 0.15) is 12.7 Å². The fourth-order valence-corrected chi connectivity index (χ4v) is 3.55. The average molecular weight is 290 g/mol. The summed E-state index contributed by atoms with van der Waals surface area (Å²) in [6.45, 7) is 6.44. The summed E-state index contributed by atoms with van der Waals surface area (Å²) in [5.74, 6) is 0.103. The predicted molar refractivity (Wildman–Crippen MR) is 82.6 cm³/mol. The van der Waals surface area contributed by atoms with E-state index < -0.39 is 6.10 Å². The molecule has 0 aromatic heterocycles. The number of rotatable bonds is 4. The molecule has 1 saturated carbocycles. The van der Waals surface area contributed by atoms with E-state index in [0.29, 0.717) is 5.92 Å². The Bertz CT molecular complexity index is 467. The fraction of sp³-hybridized carbons (Fsp3) is 0.611. The molecule has 0 spiro atoms. The highest BCUT2D eigenvalue weighted by molar-refractivity contribution is 5.74. The smallest absolute Gasteiger partial charge is 0.309 e. The number of hydrogen-bond acceptors (Lipinski definition) is 3. The highest BCUT2D eigenvalue weighted by Crippen LogP contribution is 2.44. The minimum atomic E-state index is -0.753. The van der Waals surface area contributed by atoms with Gasteiger partial charge < -0.3 is 9.84 Å². The van der Waals surface area contributed by atoms with Crippen molar-refractivity contribution in [2.45, 2.75) is 46.1 Å². The Balaban J connectivity index is 1.95. The average Bonchev–Trinajstić information content (AvgIpc) is 2.44. The molecule has 1 aromatic carbocycles. The number of esters is 1. The van der Waals surface area contributed by atoms with Gasteiger partial charge in [-0.1, -0.05) is 57.5 Å². The lowest BCUT2D eigenvalue weighted by Gasteiger charge is -2.41. The molecule has 116 valence electrons. The van der Waals surface area contributed by atoms with Crippen molar-refractivity contribution in [2.75, 3.05) is 6.61 Å². The SMILES string of the molecule is C[C@H]1CCCC(C)(C)[C@@H]1C(=O)OCC(O)c1ccccc1. The molecule has 2 rings (SSSR count). The fourth-order valence-electron chi connectivity index (χ4n) is 3.55. The second-order valence-corrected chi connectivity index (χ2v) is 6.89. The van der Waals surface area contributed by atoms with E-state index in [1.165, 1.54) is 6.42 Å². The van der Waals surface area contributed by atoms with E-state index in [4.69, 9.17) is 4.74 Å². The molecular weight excluding hydrogens is 264 g/mol. The molecular formula is C18H26O3. The quantitative estimate of drug-likeness (QED) is 0.860. The van der Waals surface area contributed by atoms with Crippen molar-refractivity contribution in [2.24, 2.45) is 17.3 Å². The van der Waals surface area contributed by atoms with Crippen LogP contribution in [0.5, 0.6) is 0 Å². The third kappa shape index (κ3) is 3.85. The largest absolute Gasteiger partial charge is 0.462 e. The Morgan fingerprint density at radius 1 is 1.38 bits per heavy atom. The summed E-state index contributed by atoms with van der Waals surface area (Å²) in [5, 5.41) is 10.1. The molecule has 1 fully saturated rings. The van der Waals surface area contributed by atoms with Crippen LogP contribution < -0.4 is 0 Å². The van der Waals surface area contributed by atoms with Crippen LogP contribution in [0.1, 0.15) is 51.7 Å². The van der Waals surface area contributed by atoms with Crippen molar-refractivity contribution < 1.29 is 14.6 Å². The van der Waals surface area contributed by atoms with Crippen LogP contribution in [0.2, 0.25) is 0 Å². The number of hydrogen-bond donors (Lipinski definition) is 1. The first-order valence-electron chi connectivity index (χ1n) is 7.81. The van der Waals surface area contributed by atoms with Gasteiger partial charge in [-0.05, 0) is 29.7 Å². The zero-order valence-electron chi connectivity index (χ0n) is 13.2. The van der Waals surface area contributed by atoms with Gasteiger partial charge in [0.2, 0.25) is 0 Å². The topological polar surface area (TPSA) is 46.5 Å². The van der Waals surface area contributed by atoms with Crippen LogP contribution in [-0.4, -0.2) is 17.7 Å². The molecule has 3 atom stereocenters. The van der Waals surface area contributed by atoms with Crippen LogP contribution in [0.25, 0.3) is 0 Å². The second-order valence-electron chi connectivity index (χ2n) is 6.89. The third-order valence-corrected chi connectivity index (χ3v) is 4.71. The standard InChI is InChI=1S/C18H26O3/c1-13-8-7-11-18(2,3)16(13)17(20)21-12-15(19)14-9-5-4-6-10-14/h4-6,9-10,13,15-16,19H,7-8,11-12H2,1-3H3/t13-,15?,16-/m0/s1. The Hall–Kier alpha value is -1.35. The van der Waals surface area contributed by atoms with E-state index in [9.17, 15) is 9.90 Å². The molecule has 0 aliphatic heterocycles. The molecule has 0 heterocycles. The van der Waals surface area contributed by atoms with Gasteiger partial charge in [0.25, 0.3) is 0 Å². The first kappa shape index (κ1) is 16.0. The van der Waals surface area contributed by atoms with Gasteiger partial charge in [-0.3, -0.25) is 4.79 Å². The highest BCUT2D eigenvalue weighted by Gasteiger charge is 2.42. The maximum atomic E-state index is 12.4. The lowest BCUT2D eigenvalue weighted by Crippen LogP contribution is -2.40. The van der Waals surface area contributed by atoms with Gasteiger partial charge in [-0.15, -0.1) is 0 Å². The van der Waals surface area contributed by atoms with Gasteiger partial charge in [0, 0.05) is 0 Å². The molecule has 1 aliphatic rings. The summed E-state index contributed by atoms with van der Waals surface area (Å²) in [5.41, 5.74) is 0.758. The number of carbonyl (C=O) groups excluding carboxylic acids is 1. The molecule has 1 aromatic rings. The summed E-state index contributed by atoms with van der Waals surface area (Å²) >= 11 is 0. The van der Waals surface area contributed by atoms with Crippen LogP contribution in [0.3, 0.4) is 0 Å². The molecule has 3 heteroatoms. The summed E-state index contributed by atoms with van der Waals surface area (Å²) in [7, 11) is 0. The molecule has 1 aliphatic carbocycles. The van der Waals surface area contributed by atoms with Crippen molar-refractivity contribution in [1.29, 1.82) is 0 Å². The Morgan fingerprint density at radius 2 is 2.05 bits per heavy atom. The number of aliphatic hydroxyl groups excluding tert-OH is 1. The maximum Gasteiger partial charge on any atom is 0.309 e. The van der Waals surface area contributed by atoms with E-state index in [2.05, 4.69) is 20.8 Å². The van der Waals surface area contributed by atoms with Crippen LogP contribution in [0, 0.1) is 17.3 Å². The molecule has 0 bridgehead atoms. The molecule has 0 radical (unpaired) electrons. The summed E-state index contributed by atoms with van der Waals surface area (Å²) in [6, 6.07) is 9.31. The van der Waals surface area contributed by atoms with E-state index in [-0.39, 0.29) is 23.9 Å². The molecule has 3 nitrogen and oxygen atoms in total. The van der Waals surface area contributed by atoms with Crippen LogP contribution in [-0.2, 0) is 9.53 Å². The van der Waals surface area contributed by atoms with Gasteiger partial charge in [0.15, 0.2) is 0 Å². The first-order valence-corrected chi connectivity index (χ1v) is 7.81. The number of benzene rings is 1. The van der Waals surface area contributed by atoms with Crippen LogP contribution in [0.15, 0.2) is 30.3 Å². The van der Waals surface area contributed by atoms with Crippen LogP contribution in [0.4, 0.5) is 0 Å². The summed E-state index contributed by atoms with van der Waals surface area (Å²) in [6.07, 6.45) is 2.55. The van der Waals surface area contributed by atoms with E-state index in [0.717, 1.165) is 18.4 Å². The predicted octanol–water partition coefficient (Wildman–Crippen LogP) is 3.73. The Labute approximate surface area is 127 Å². The second kappa shape index (κ2) is 6.61. The molecule has 1 unspecified atom stereocenters. The monoisotopic (exact) mass is 290 g/mol. The maximum absolute atomic E-state index is 12.4. The van der Waals surface area contributed by atoms with Gasteiger partial charge in [-0.25, -0.2) is 0 Å². The van der Waals surface area contributed by atoms with E-state index in [1.807, 2.05) is 30.3 Å². The third-order valence-electron chi connectivity index (χ3n) is 4.71. The zero-order chi connectivity index (χ0) is 15.5. The van der Waals surface area contributed by atoms with Crippen molar-refractivity contribution in [3.05, 3.63) is 35.9 Å². The number of ether oxygens (including phenoxy) is 1. The summed E-state index contributed by atoms with van der Waals surface area (Å²) < 4.78 is 5.41. The molecule has 1 N–H and O–H groups in total. The van der Waals surface area contributed by atoms with Crippen LogP contribution >= 0.6 is 0 Å². The molecule has 21 heavy (non-hydrogen) atoms. The lowest BCUT2D eigenvalue weighted by molar-refractivity contribution is -0.160. The lowest BCUT2D eigenvalue weighted by atomic mass is 9.64. The van der Waals surface area contributed by atoms with Crippen molar-refractivity contribution in [3.8, 4) is 0 Å². The van der Waals surface area contributed by atoms with Gasteiger partial charge >= 0.3 is 5.97 Å². The first-order chi connectivity index (χ1) is 9.92. The van der Waals surface area contributed by atoms with Crippen molar-refractivity contribution >= 4 is 5.97 Å². The number of carbonyl (C=O) groups is 1. The highest BCUT2D eigenvalue weighted by atomic mass is 16.5. The van der Waals surface area contributed by atoms with E-state index in [1.54, 1.807) is 0 Å². The zero-order valence-corrected chi connectivity index (χ0v) is 13.2. The van der Waals surface area contributed by atoms with Crippen molar-refractivity contribution in [1.82, 2.24) is 0 Å². The minimum Gasteiger partial charge on any atom is -0.462 e.